The maximum absolute atomic E-state index is 13.2. The summed E-state index contributed by atoms with van der Waals surface area (Å²) in [4.78, 5) is 26.2. The van der Waals surface area contributed by atoms with Crippen molar-refractivity contribution in [3.8, 4) is 0 Å². The third kappa shape index (κ3) is 2.76. The van der Waals surface area contributed by atoms with Crippen LogP contribution >= 0.6 is 0 Å². The lowest BCUT2D eigenvalue weighted by Crippen LogP contribution is -2.39. The van der Waals surface area contributed by atoms with Crippen molar-refractivity contribution >= 4 is 12.3 Å². The van der Waals surface area contributed by atoms with Crippen molar-refractivity contribution in [1.82, 2.24) is 4.90 Å². The van der Waals surface area contributed by atoms with Crippen LogP contribution in [0.4, 0.5) is 0 Å². The lowest BCUT2D eigenvalue weighted by molar-refractivity contribution is -0.143. The third-order valence-electron chi connectivity index (χ3n) is 6.27. The summed E-state index contributed by atoms with van der Waals surface area (Å²) in [5, 5.41) is 0. The van der Waals surface area contributed by atoms with Crippen LogP contribution in [-0.4, -0.2) is 17.2 Å². The van der Waals surface area contributed by atoms with Gasteiger partial charge in [-0.25, -0.2) is 0 Å². The van der Waals surface area contributed by atoms with Gasteiger partial charge in [0.25, 0.3) is 0 Å². The minimum absolute atomic E-state index is 0.0145. The SMILES string of the molecule is C[C@@H]1[C@H](C(=O)N(C=O)Cc2ccccc2)[C@H]2C=C[C@H]1C2=C1CCCC1. The molecule has 3 aliphatic rings. The zero-order chi connectivity index (χ0) is 17.4. The summed E-state index contributed by atoms with van der Waals surface area (Å²) >= 11 is 0. The van der Waals surface area contributed by atoms with Crippen LogP contribution in [-0.2, 0) is 16.1 Å². The summed E-state index contributed by atoms with van der Waals surface area (Å²) in [5.41, 5.74) is 4.08. The highest BCUT2D eigenvalue weighted by Gasteiger charge is 2.51. The van der Waals surface area contributed by atoms with Gasteiger partial charge in [-0.2, -0.15) is 0 Å². The molecule has 4 rings (SSSR count). The van der Waals surface area contributed by atoms with Gasteiger partial charge in [0.15, 0.2) is 0 Å². The van der Waals surface area contributed by atoms with Crippen LogP contribution in [0.25, 0.3) is 0 Å². The number of hydrogen-bond donors (Lipinski definition) is 0. The Labute approximate surface area is 149 Å². The van der Waals surface area contributed by atoms with Gasteiger partial charge in [-0.15, -0.1) is 0 Å². The summed E-state index contributed by atoms with van der Waals surface area (Å²) in [6.45, 7) is 2.54. The molecule has 3 heteroatoms. The van der Waals surface area contributed by atoms with E-state index in [9.17, 15) is 9.59 Å². The van der Waals surface area contributed by atoms with E-state index < -0.39 is 0 Å². The molecule has 0 N–H and O–H groups in total. The Morgan fingerprint density at radius 1 is 1.12 bits per heavy atom. The number of fused-ring (bicyclic) bond motifs is 2. The van der Waals surface area contributed by atoms with Crippen LogP contribution < -0.4 is 0 Å². The second-order valence-electron chi connectivity index (χ2n) is 7.64. The van der Waals surface area contributed by atoms with Gasteiger partial charge < -0.3 is 0 Å². The van der Waals surface area contributed by atoms with E-state index in [1.807, 2.05) is 30.3 Å². The Bertz CT molecular complexity index is 726. The van der Waals surface area contributed by atoms with E-state index in [2.05, 4.69) is 19.1 Å². The van der Waals surface area contributed by atoms with Gasteiger partial charge in [0, 0.05) is 11.8 Å². The molecule has 0 aromatic heterocycles. The molecular formula is C22H25NO2. The average Bonchev–Trinajstić information content (AvgIpc) is 3.34. The molecule has 0 saturated heterocycles. The molecule has 2 fully saturated rings. The molecule has 0 aliphatic heterocycles. The zero-order valence-electron chi connectivity index (χ0n) is 14.7. The van der Waals surface area contributed by atoms with Crippen molar-refractivity contribution in [2.45, 2.75) is 39.2 Å². The van der Waals surface area contributed by atoms with Gasteiger partial charge in [0.1, 0.15) is 0 Å². The molecule has 130 valence electrons. The molecule has 2 saturated carbocycles. The number of allylic oxidation sites excluding steroid dienone is 4. The molecule has 0 unspecified atom stereocenters. The van der Waals surface area contributed by atoms with E-state index >= 15 is 0 Å². The Hall–Kier alpha value is -2.16. The summed E-state index contributed by atoms with van der Waals surface area (Å²) in [6.07, 6.45) is 10.2. The van der Waals surface area contributed by atoms with Gasteiger partial charge in [0.2, 0.25) is 12.3 Å². The summed E-state index contributed by atoms with van der Waals surface area (Å²) in [6, 6.07) is 9.74. The topological polar surface area (TPSA) is 37.4 Å². The van der Waals surface area contributed by atoms with Gasteiger partial charge in [-0.3, -0.25) is 14.5 Å². The fraction of sp³-hybridized carbons (Fsp3) is 0.455. The first kappa shape index (κ1) is 16.3. The van der Waals surface area contributed by atoms with Crippen LogP contribution in [0.1, 0.15) is 38.2 Å². The largest absolute Gasteiger partial charge is 0.280 e. The number of carbonyl (C=O) groups is 2. The van der Waals surface area contributed by atoms with Gasteiger partial charge in [-0.05, 0) is 37.2 Å². The number of amides is 2. The van der Waals surface area contributed by atoms with E-state index in [0.29, 0.717) is 18.9 Å². The quantitative estimate of drug-likeness (QED) is 0.613. The third-order valence-corrected chi connectivity index (χ3v) is 6.27. The molecule has 0 heterocycles. The number of rotatable bonds is 4. The Morgan fingerprint density at radius 2 is 1.80 bits per heavy atom. The second kappa shape index (κ2) is 6.62. The van der Waals surface area contributed by atoms with Crippen molar-refractivity contribution in [2.75, 3.05) is 0 Å². The Balaban J connectivity index is 1.58. The zero-order valence-corrected chi connectivity index (χ0v) is 14.7. The first-order valence-corrected chi connectivity index (χ1v) is 9.40. The smallest absolute Gasteiger partial charge is 0.233 e. The molecule has 3 nitrogen and oxygen atoms in total. The lowest BCUT2D eigenvalue weighted by atomic mass is 9.83. The van der Waals surface area contributed by atoms with Crippen molar-refractivity contribution in [3.63, 3.8) is 0 Å². The molecular weight excluding hydrogens is 310 g/mol. The molecule has 1 aromatic carbocycles. The normalized spacial score (nSPS) is 30.1. The van der Waals surface area contributed by atoms with Crippen molar-refractivity contribution in [1.29, 1.82) is 0 Å². The standard InChI is InChI=1S/C22H25NO2/c1-15-18-11-12-19(21(18)17-9-5-6-10-17)20(15)22(25)23(14-24)13-16-7-3-2-4-8-16/h2-4,7-8,11-12,14-15,18-20H,5-6,9-10,13H2,1H3/t15-,18+,19+,20-/m0/s1. The van der Waals surface area contributed by atoms with E-state index in [1.54, 1.807) is 5.57 Å². The summed E-state index contributed by atoms with van der Waals surface area (Å²) < 4.78 is 0. The molecule has 0 radical (unpaired) electrons. The average molecular weight is 335 g/mol. The van der Waals surface area contributed by atoms with Crippen LogP contribution in [0.3, 0.4) is 0 Å². The van der Waals surface area contributed by atoms with Gasteiger partial charge >= 0.3 is 0 Å². The van der Waals surface area contributed by atoms with Crippen LogP contribution in [0, 0.1) is 23.7 Å². The highest BCUT2D eigenvalue weighted by molar-refractivity contribution is 5.89. The maximum atomic E-state index is 13.2. The fourth-order valence-electron chi connectivity index (χ4n) is 5.07. The van der Waals surface area contributed by atoms with E-state index in [4.69, 9.17) is 0 Å². The first-order chi connectivity index (χ1) is 12.2. The number of carbonyl (C=O) groups excluding carboxylic acids is 2. The Morgan fingerprint density at radius 3 is 2.48 bits per heavy atom. The number of imide groups is 1. The number of hydrogen-bond acceptors (Lipinski definition) is 2. The van der Waals surface area contributed by atoms with Crippen molar-refractivity contribution in [3.05, 3.63) is 59.2 Å². The van der Waals surface area contributed by atoms with Crippen molar-refractivity contribution < 1.29 is 9.59 Å². The van der Waals surface area contributed by atoms with E-state index in [-0.39, 0.29) is 23.7 Å². The molecule has 3 aliphatic carbocycles. The predicted octanol–water partition coefficient (Wildman–Crippen LogP) is 4.11. The molecule has 1 aromatic rings. The van der Waals surface area contributed by atoms with E-state index in [0.717, 1.165) is 5.56 Å². The minimum Gasteiger partial charge on any atom is -0.280 e. The molecule has 25 heavy (non-hydrogen) atoms. The van der Waals surface area contributed by atoms with Gasteiger partial charge in [0.05, 0.1) is 12.5 Å². The number of benzene rings is 1. The molecule has 0 spiro atoms. The van der Waals surface area contributed by atoms with Crippen LogP contribution in [0.5, 0.6) is 0 Å². The maximum Gasteiger partial charge on any atom is 0.233 e. The van der Waals surface area contributed by atoms with Gasteiger partial charge in [-0.1, -0.05) is 60.6 Å². The highest BCUT2D eigenvalue weighted by Crippen LogP contribution is 2.55. The van der Waals surface area contributed by atoms with E-state index in [1.165, 1.54) is 36.2 Å². The summed E-state index contributed by atoms with van der Waals surface area (Å²) in [5.74, 6) is 0.784. The van der Waals surface area contributed by atoms with Crippen molar-refractivity contribution in [2.24, 2.45) is 23.7 Å². The lowest BCUT2D eigenvalue weighted by Gasteiger charge is -2.27. The van der Waals surface area contributed by atoms with Crippen LogP contribution in [0.15, 0.2) is 53.6 Å². The fourth-order valence-corrected chi connectivity index (χ4v) is 5.07. The highest BCUT2D eigenvalue weighted by atomic mass is 16.2. The van der Waals surface area contributed by atoms with Crippen LogP contribution in [0.2, 0.25) is 0 Å². The molecule has 2 bridgehead atoms. The first-order valence-electron chi connectivity index (χ1n) is 9.40. The Kier molecular flexibility index (Phi) is 4.32. The molecule has 2 amide bonds. The minimum atomic E-state index is -0.0907. The monoisotopic (exact) mass is 335 g/mol. The molecule has 4 atom stereocenters. The number of nitrogens with zero attached hydrogens (tertiary/aromatic N) is 1. The summed E-state index contributed by atoms with van der Waals surface area (Å²) in [7, 11) is 0. The predicted molar refractivity (Wildman–Crippen MR) is 97.3 cm³/mol. The second-order valence-corrected chi connectivity index (χ2v) is 7.64.